The lowest BCUT2D eigenvalue weighted by atomic mass is 9.96. The molecule has 0 bridgehead atoms. The van der Waals surface area contributed by atoms with Crippen LogP contribution in [0.4, 0.5) is 0 Å². The van der Waals surface area contributed by atoms with Crippen LogP contribution >= 0.6 is 11.9 Å². The first-order valence-electron chi connectivity index (χ1n) is 6.48. The molecule has 0 atom stereocenters. The van der Waals surface area contributed by atoms with Crippen molar-refractivity contribution < 1.29 is 0 Å². The van der Waals surface area contributed by atoms with Crippen LogP contribution in [0.2, 0.25) is 0 Å². The number of likely N-dealkylation sites (tertiary alicyclic amines) is 1. The van der Waals surface area contributed by atoms with Gasteiger partial charge in [-0.15, -0.1) is 0 Å². The van der Waals surface area contributed by atoms with Crippen molar-refractivity contribution in [3.05, 3.63) is 0 Å². The van der Waals surface area contributed by atoms with Gasteiger partial charge in [0.2, 0.25) is 0 Å². The molecule has 0 aliphatic carbocycles. The maximum atomic E-state index is 2.67. The molecule has 0 saturated carbocycles. The van der Waals surface area contributed by atoms with E-state index in [9.17, 15) is 0 Å². The van der Waals surface area contributed by atoms with Gasteiger partial charge in [-0.25, -0.2) is 4.31 Å². The van der Waals surface area contributed by atoms with E-state index in [1.165, 1.54) is 58.7 Å². The van der Waals surface area contributed by atoms with Gasteiger partial charge in [-0.3, -0.25) is 0 Å². The highest BCUT2D eigenvalue weighted by Crippen LogP contribution is 2.19. The number of rotatable bonds is 3. The van der Waals surface area contributed by atoms with Crippen molar-refractivity contribution in [2.75, 3.05) is 59.1 Å². The minimum Gasteiger partial charge on any atom is -0.306 e. The fourth-order valence-electron chi connectivity index (χ4n) is 2.70. The van der Waals surface area contributed by atoms with Gasteiger partial charge < -0.3 is 9.80 Å². The third-order valence-corrected chi connectivity index (χ3v) is 4.83. The molecule has 0 N–H and O–H groups in total. The van der Waals surface area contributed by atoms with E-state index in [4.69, 9.17) is 0 Å². The second-order valence-corrected chi connectivity index (χ2v) is 6.04. The zero-order valence-corrected chi connectivity index (χ0v) is 11.5. The minimum absolute atomic E-state index is 0.956. The van der Waals surface area contributed by atoms with Crippen molar-refractivity contribution in [1.29, 1.82) is 0 Å². The largest absolute Gasteiger partial charge is 0.306 e. The van der Waals surface area contributed by atoms with Crippen LogP contribution < -0.4 is 0 Å². The lowest BCUT2D eigenvalue weighted by Gasteiger charge is -2.37. The second kappa shape index (κ2) is 6.24. The zero-order chi connectivity index (χ0) is 11.4. The number of hydrogen-bond acceptors (Lipinski definition) is 4. The minimum atomic E-state index is 0.956. The molecule has 0 amide bonds. The molecule has 0 aromatic carbocycles. The van der Waals surface area contributed by atoms with Crippen LogP contribution in [0.15, 0.2) is 0 Å². The van der Waals surface area contributed by atoms with Gasteiger partial charge in [0.15, 0.2) is 0 Å². The van der Waals surface area contributed by atoms with Crippen molar-refractivity contribution >= 4 is 11.9 Å². The molecule has 2 aliphatic heterocycles. The standard InChI is InChI=1S/C12H25N3S/c1-13-5-3-12(4-6-13)11-14-7-9-15(16-2)10-8-14/h12H,3-11H2,1-2H3. The molecule has 2 saturated heterocycles. The average Bonchev–Trinajstić information content (AvgIpc) is 2.33. The topological polar surface area (TPSA) is 9.72 Å². The van der Waals surface area contributed by atoms with Crippen LogP contribution in [-0.4, -0.2) is 73.2 Å². The summed E-state index contributed by atoms with van der Waals surface area (Å²) in [4.78, 5) is 5.13. The van der Waals surface area contributed by atoms with Crippen molar-refractivity contribution in [3.8, 4) is 0 Å². The predicted octanol–water partition coefficient (Wildman–Crippen LogP) is 1.22. The molecule has 0 aromatic rings. The van der Waals surface area contributed by atoms with Crippen LogP contribution in [0.5, 0.6) is 0 Å². The Bertz CT molecular complexity index is 196. The lowest BCUT2D eigenvalue weighted by Crippen LogP contribution is -2.46. The zero-order valence-electron chi connectivity index (χ0n) is 10.7. The van der Waals surface area contributed by atoms with Gasteiger partial charge in [0.25, 0.3) is 0 Å². The molecule has 0 aromatic heterocycles. The molecular weight excluding hydrogens is 218 g/mol. The monoisotopic (exact) mass is 243 g/mol. The predicted molar refractivity (Wildman–Crippen MR) is 71.7 cm³/mol. The van der Waals surface area contributed by atoms with Crippen molar-refractivity contribution in [3.63, 3.8) is 0 Å². The summed E-state index contributed by atoms with van der Waals surface area (Å²) in [5.41, 5.74) is 0. The summed E-state index contributed by atoms with van der Waals surface area (Å²) in [5, 5.41) is 0. The van der Waals surface area contributed by atoms with E-state index in [-0.39, 0.29) is 0 Å². The Morgan fingerprint density at radius 1 is 1.00 bits per heavy atom. The first-order valence-corrected chi connectivity index (χ1v) is 7.66. The Hall–Kier alpha value is 0.230. The summed E-state index contributed by atoms with van der Waals surface area (Å²) in [5.74, 6) is 0.956. The highest BCUT2D eigenvalue weighted by molar-refractivity contribution is 7.96. The van der Waals surface area contributed by atoms with E-state index < -0.39 is 0 Å². The molecule has 0 radical (unpaired) electrons. The van der Waals surface area contributed by atoms with Crippen LogP contribution in [0.3, 0.4) is 0 Å². The Morgan fingerprint density at radius 2 is 1.62 bits per heavy atom. The molecule has 0 unspecified atom stereocenters. The van der Waals surface area contributed by atoms with Crippen molar-refractivity contribution in [2.24, 2.45) is 5.92 Å². The summed E-state index contributed by atoms with van der Waals surface area (Å²) in [6.45, 7) is 8.98. The summed E-state index contributed by atoms with van der Waals surface area (Å²) in [7, 11) is 2.24. The van der Waals surface area contributed by atoms with Gasteiger partial charge in [-0.1, -0.05) is 11.9 Å². The second-order valence-electron chi connectivity index (χ2n) is 5.16. The maximum absolute atomic E-state index is 2.67. The van der Waals surface area contributed by atoms with Crippen LogP contribution in [-0.2, 0) is 0 Å². The number of piperazine rings is 1. The molecule has 2 aliphatic rings. The first kappa shape index (κ1) is 12.7. The van der Waals surface area contributed by atoms with E-state index in [0.29, 0.717) is 0 Å². The summed E-state index contributed by atoms with van der Waals surface area (Å²) in [6, 6.07) is 0. The molecule has 2 fully saturated rings. The van der Waals surface area contributed by atoms with Gasteiger partial charge in [-0.05, 0) is 45.2 Å². The van der Waals surface area contributed by atoms with Crippen LogP contribution in [0.25, 0.3) is 0 Å². The van der Waals surface area contributed by atoms with Gasteiger partial charge in [0.1, 0.15) is 0 Å². The highest BCUT2D eigenvalue weighted by atomic mass is 32.2. The smallest absolute Gasteiger partial charge is 0.0218 e. The fourth-order valence-corrected chi connectivity index (χ4v) is 3.23. The van der Waals surface area contributed by atoms with Crippen LogP contribution in [0.1, 0.15) is 12.8 Å². The quantitative estimate of drug-likeness (QED) is 0.689. The van der Waals surface area contributed by atoms with E-state index in [0.717, 1.165) is 5.92 Å². The molecule has 3 nitrogen and oxygen atoms in total. The van der Waals surface area contributed by atoms with Gasteiger partial charge >= 0.3 is 0 Å². The highest BCUT2D eigenvalue weighted by Gasteiger charge is 2.22. The van der Waals surface area contributed by atoms with Crippen molar-refractivity contribution in [1.82, 2.24) is 14.1 Å². The Labute approximate surface area is 104 Å². The van der Waals surface area contributed by atoms with E-state index >= 15 is 0 Å². The summed E-state index contributed by atoms with van der Waals surface area (Å²) < 4.78 is 2.48. The third kappa shape index (κ3) is 3.62. The fraction of sp³-hybridized carbons (Fsp3) is 1.00. The Kier molecular flexibility index (Phi) is 4.95. The molecule has 94 valence electrons. The van der Waals surface area contributed by atoms with Crippen LogP contribution in [0, 0.1) is 5.92 Å². The summed E-state index contributed by atoms with van der Waals surface area (Å²) >= 11 is 1.89. The molecule has 16 heavy (non-hydrogen) atoms. The molecule has 2 rings (SSSR count). The van der Waals surface area contributed by atoms with Gasteiger partial charge in [0.05, 0.1) is 0 Å². The maximum Gasteiger partial charge on any atom is 0.0218 e. The molecule has 4 heteroatoms. The van der Waals surface area contributed by atoms with E-state index in [2.05, 4.69) is 27.4 Å². The van der Waals surface area contributed by atoms with Crippen molar-refractivity contribution in [2.45, 2.75) is 12.8 Å². The van der Waals surface area contributed by atoms with Gasteiger partial charge in [0, 0.05) is 32.7 Å². The molecular formula is C12H25N3S. The number of piperidine rings is 1. The SMILES string of the molecule is CSN1CCN(CC2CCN(C)CC2)CC1. The Morgan fingerprint density at radius 3 is 2.19 bits per heavy atom. The molecule has 0 spiro atoms. The number of nitrogens with zero attached hydrogens (tertiary/aromatic N) is 3. The Balaban J connectivity index is 1.66. The molecule has 2 heterocycles. The lowest BCUT2D eigenvalue weighted by molar-refractivity contribution is 0.133. The van der Waals surface area contributed by atoms with E-state index in [1.807, 2.05) is 11.9 Å². The number of hydrogen-bond donors (Lipinski definition) is 0. The normalized spacial score (nSPS) is 27.4. The van der Waals surface area contributed by atoms with Gasteiger partial charge in [-0.2, -0.15) is 0 Å². The first-order chi connectivity index (χ1) is 7.78. The third-order valence-electron chi connectivity index (χ3n) is 3.94. The summed E-state index contributed by atoms with van der Waals surface area (Å²) in [6.07, 6.45) is 4.99. The van der Waals surface area contributed by atoms with E-state index in [1.54, 1.807) is 0 Å². The average molecular weight is 243 g/mol.